The van der Waals surface area contributed by atoms with Crippen molar-refractivity contribution in [3.63, 3.8) is 0 Å². The Morgan fingerprint density at radius 1 is 0.870 bits per heavy atom. The van der Waals surface area contributed by atoms with Gasteiger partial charge in [-0.1, -0.05) is 30.3 Å². The number of carbonyl (C=O) groups is 1. The smallest absolute Gasteiger partial charge is 0.221 e. The summed E-state index contributed by atoms with van der Waals surface area (Å²) >= 11 is 1.30. The van der Waals surface area contributed by atoms with Crippen molar-refractivity contribution in [1.29, 1.82) is 0 Å². The Bertz CT molecular complexity index is 870. The number of hydrogen-bond acceptors (Lipinski definition) is 5. The molecule has 1 aromatic carbocycles. The van der Waals surface area contributed by atoms with Crippen LogP contribution < -0.4 is 0 Å². The molecule has 0 aliphatic heterocycles. The summed E-state index contributed by atoms with van der Waals surface area (Å²) in [4.78, 5) is 17.9. The van der Waals surface area contributed by atoms with Gasteiger partial charge in [0.05, 0.1) is 12.5 Å². The molecule has 0 spiro atoms. The third-order valence-electron chi connectivity index (χ3n) is 3.36. The molecule has 0 aliphatic carbocycles. The van der Waals surface area contributed by atoms with Crippen molar-refractivity contribution < 1.29 is 13.6 Å². The van der Waals surface area contributed by atoms with Gasteiger partial charge >= 0.3 is 0 Å². The molecular formula is C18H11NO3S. The quantitative estimate of drug-likeness (QED) is 0.502. The van der Waals surface area contributed by atoms with Crippen LogP contribution in [0.1, 0.15) is 15.4 Å². The van der Waals surface area contributed by atoms with Gasteiger partial charge in [0.25, 0.3) is 0 Å². The largest absolute Gasteiger partial charge is 0.463 e. The normalized spacial score (nSPS) is 10.8. The van der Waals surface area contributed by atoms with Gasteiger partial charge in [-0.25, -0.2) is 4.98 Å². The van der Waals surface area contributed by atoms with Crippen LogP contribution in [-0.2, 0) is 0 Å². The van der Waals surface area contributed by atoms with Crippen LogP contribution in [-0.4, -0.2) is 10.8 Å². The highest BCUT2D eigenvalue weighted by Crippen LogP contribution is 2.37. The van der Waals surface area contributed by atoms with Crippen molar-refractivity contribution in [2.24, 2.45) is 0 Å². The topological polar surface area (TPSA) is 56.2 Å². The Kier molecular flexibility index (Phi) is 3.40. The lowest BCUT2D eigenvalue weighted by atomic mass is 10.1. The molecule has 4 aromatic rings. The summed E-state index contributed by atoms with van der Waals surface area (Å²) in [5, 5.41) is 0.411. The van der Waals surface area contributed by atoms with Crippen molar-refractivity contribution in [3.8, 4) is 22.1 Å². The molecule has 0 N–H and O–H groups in total. The fraction of sp³-hybridized carbons (Fsp3) is 0. The predicted octanol–water partition coefficient (Wildman–Crippen LogP) is 4.89. The monoisotopic (exact) mass is 321 g/mol. The van der Waals surface area contributed by atoms with Crippen LogP contribution in [0.3, 0.4) is 0 Å². The highest BCUT2D eigenvalue weighted by Gasteiger charge is 2.22. The molecule has 0 fully saturated rings. The number of furan rings is 2. The molecule has 0 saturated heterocycles. The van der Waals surface area contributed by atoms with E-state index in [0.29, 0.717) is 27.8 Å². The summed E-state index contributed by atoms with van der Waals surface area (Å²) < 4.78 is 10.9. The Labute approximate surface area is 136 Å². The molecule has 0 saturated carbocycles. The maximum Gasteiger partial charge on any atom is 0.221 e. The van der Waals surface area contributed by atoms with Gasteiger partial charge in [0.15, 0.2) is 10.8 Å². The zero-order valence-electron chi connectivity index (χ0n) is 11.9. The molecule has 4 nitrogen and oxygen atoms in total. The van der Waals surface area contributed by atoms with Crippen molar-refractivity contribution in [1.82, 2.24) is 4.98 Å². The summed E-state index contributed by atoms with van der Waals surface area (Å²) in [7, 11) is 0. The highest BCUT2D eigenvalue weighted by atomic mass is 32.1. The number of rotatable bonds is 4. The third kappa shape index (κ3) is 2.51. The zero-order chi connectivity index (χ0) is 15.6. The zero-order valence-corrected chi connectivity index (χ0v) is 12.7. The average molecular weight is 321 g/mol. The standard InChI is InChI=1S/C18H11NO3S/c20-16(12-6-2-1-3-7-12)18-19-15(13-8-4-10-21-13)17(23-18)14-9-5-11-22-14/h1-11H. The molecule has 4 rings (SSSR count). The number of carbonyl (C=O) groups excluding carboxylic acids is 1. The molecule has 112 valence electrons. The number of hydrogen-bond donors (Lipinski definition) is 0. The SMILES string of the molecule is O=C(c1ccccc1)c1nc(-c2ccco2)c(-c2ccco2)s1. The molecular weight excluding hydrogens is 310 g/mol. The van der Waals surface area contributed by atoms with Gasteiger partial charge in [0.1, 0.15) is 16.3 Å². The fourth-order valence-electron chi connectivity index (χ4n) is 2.29. The van der Waals surface area contributed by atoms with E-state index in [0.717, 1.165) is 4.88 Å². The first-order valence-electron chi connectivity index (χ1n) is 7.01. The first kappa shape index (κ1) is 13.7. The molecule has 5 heteroatoms. The maximum absolute atomic E-state index is 12.6. The Balaban J connectivity index is 1.84. The van der Waals surface area contributed by atoms with Crippen LogP contribution >= 0.6 is 11.3 Å². The summed E-state index contributed by atoms with van der Waals surface area (Å²) in [5.41, 5.74) is 1.23. The van der Waals surface area contributed by atoms with E-state index in [2.05, 4.69) is 4.98 Å². The van der Waals surface area contributed by atoms with Crippen molar-refractivity contribution in [2.75, 3.05) is 0 Å². The van der Waals surface area contributed by atoms with Crippen LogP contribution in [0.25, 0.3) is 22.1 Å². The molecule has 23 heavy (non-hydrogen) atoms. The summed E-state index contributed by atoms with van der Waals surface area (Å²) in [6.45, 7) is 0. The van der Waals surface area contributed by atoms with E-state index in [9.17, 15) is 4.79 Å². The number of aromatic nitrogens is 1. The highest BCUT2D eigenvalue weighted by molar-refractivity contribution is 7.17. The maximum atomic E-state index is 12.6. The predicted molar refractivity (Wildman–Crippen MR) is 87.4 cm³/mol. The Hall–Kier alpha value is -2.92. The Morgan fingerprint density at radius 2 is 1.57 bits per heavy atom. The summed E-state index contributed by atoms with van der Waals surface area (Å²) in [6, 6.07) is 16.4. The van der Waals surface area contributed by atoms with E-state index in [-0.39, 0.29) is 5.78 Å². The number of ketones is 1. The minimum atomic E-state index is -0.110. The molecule has 0 radical (unpaired) electrons. The first-order chi connectivity index (χ1) is 11.3. The lowest BCUT2D eigenvalue weighted by molar-refractivity contribution is 0.103. The van der Waals surface area contributed by atoms with E-state index in [4.69, 9.17) is 8.83 Å². The van der Waals surface area contributed by atoms with Gasteiger partial charge in [-0.15, -0.1) is 11.3 Å². The van der Waals surface area contributed by atoms with Crippen LogP contribution in [0, 0.1) is 0 Å². The van der Waals surface area contributed by atoms with Gasteiger partial charge in [-0.3, -0.25) is 4.79 Å². The van der Waals surface area contributed by atoms with Gasteiger partial charge in [0.2, 0.25) is 5.78 Å². The minimum Gasteiger partial charge on any atom is -0.463 e. The molecule has 0 amide bonds. The first-order valence-corrected chi connectivity index (χ1v) is 7.83. The lowest BCUT2D eigenvalue weighted by Gasteiger charge is -1.95. The lowest BCUT2D eigenvalue weighted by Crippen LogP contribution is -1.99. The molecule has 0 unspecified atom stereocenters. The average Bonchev–Trinajstić information content (AvgIpc) is 3.34. The molecule has 0 aliphatic rings. The van der Waals surface area contributed by atoms with Crippen LogP contribution in [0.5, 0.6) is 0 Å². The van der Waals surface area contributed by atoms with Crippen LogP contribution in [0.15, 0.2) is 76.0 Å². The van der Waals surface area contributed by atoms with Gasteiger partial charge in [-0.05, 0) is 24.3 Å². The number of thiazole rings is 1. The van der Waals surface area contributed by atoms with Gasteiger partial charge in [-0.2, -0.15) is 0 Å². The molecule has 0 bridgehead atoms. The van der Waals surface area contributed by atoms with Crippen molar-refractivity contribution >= 4 is 17.1 Å². The van der Waals surface area contributed by atoms with Crippen LogP contribution in [0.4, 0.5) is 0 Å². The Morgan fingerprint density at radius 3 is 2.22 bits per heavy atom. The number of benzene rings is 1. The van der Waals surface area contributed by atoms with E-state index >= 15 is 0 Å². The molecule has 3 aromatic heterocycles. The van der Waals surface area contributed by atoms with Gasteiger partial charge < -0.3 is 8.83 Å². The molecule has 0 atom stereocenters. The summed E-state index contributed by atoms with van der Waals surface area (Å²) in [5.74, 6) is 1.17. The van der Waals surface area contributed by atoms with E-state index < -0.39 is 0 Å². The third-order valence-corrected chi connectivity index (χ3v) is 4.43. The second kappa shape index (κ2) is 5.70. The van der Waals surface area contributed by atoms with E-state index in [1.807, 2.05) is 30.3 Å². The molecule has 3 heterocycles. The fourth-order valence-corrected chi connectivity index (χ4v) is 3.29. The second-order valence-electron chi connectivity index (χ2n) is 4.85. The van der Waals surface area contributed by atoms with Crippen molar-refractivity contribution in [3.05, 3.63) is 77.7 Å². The number of nitrogens with zero attached hydrogens (tertiary/aromatic N) is 1. The van der Waals surface area contributed by atoms with Crippen molar-refractivity contribution in [2.45, 2.75) is 0 Å². The van der Waals surface area contributed by atoms with E-state index in [1.165, 1.54) is 11.3 Å². The summed E-state index contributed by atoms with van der Waals surface area (Å²) in [6.07, 6.45) is 3.18. The van der Waals surface area contributed by atoms with Crippen LogP contribution in [0.2, 0.25) is 0 Å². The second-order valence-corrected chi connectivity index (χ2v) is 5.85. The van der Waals surface area contributed by atoms with E-state index in [1.54, 1.807) is 36.8 Å². The minimum absolute atomic E-state index is 0.110. The van der Waals surface area contributed by atoms with Gasteiger partial charge in [0, 0.05) is 5.56 Å².